The van der Waals surface area contributed by atoms with Gasteiger partial charge in [-0.2, -0.15) is 13.2 Å². The molecule has 9 nitrogen and oxygen atoms in total. The normalized spacial score (nSPS) is 18.1. The van der Waals surface area contributed by atoms with Crippen molar-refractivity contribution in [3.8, 4) is 5.69 Å². The van der Waals surface area contributed by atoms with Gasteiger partial charge in [-0.3, -0.25) is 14.6 Å². The molecule has 1 aliphatic heterocycles. The molecule has 0 fully saturated rings. The molecule has 3 N–H and O–H groups in total. The van der Waals surface area contributed by atoms with Gasteiger partial charge in [0.05, 0.1) is 5.69 Å². The fraction of sp³-hybridized carbons (Fsp3) is 0.118. The predicted molar refractivity (Wildman–Crippen MR) is 99.7 cm³/mol. The number of hydrogen-bond acceptors (Lipinski definition) is 6. The predicted octanol–water partition coefficient (Wildman–Crippen LogP) is 1.79. The van der Waals surface area contributed by atoms with Crippen molar-refractivity contribution < 1.29 is 18.0 Å². The molecule has 3 aromatic rings. The third kappa shape index (κ3) is 2.84. The first kappa shape index (κ1) is 19.6. The van der Waals surface area contributed by atoms with Gasteiger partial charge in [-0.15, -0.1) is 0 Å². The molecule has 0 radical (unpaired) electrons. The quantitative estimate of drug-likeness (QED) is 0.573. The molecule has 0 bridgehead atoms. The number of hydrogen-bond donors (Lipinski definition) is 3. The lowest BCUT2D eigenvalue weighted by Gasteiger charge is -2.29. The van der Waals surface area contributed by atoms with E-state index < -0.39 is 46.2 Å². The Morgan fingerprint density at radius 2 is 1.70 bits per heavy atom. The van der Waals surface area contributed by atoms with E-state index in [9.17, 15) is 27.6 Å². The summed E-state index contributed by atoms with van der Waals surface area (Å²) in [7, 11) is 0. The highest BCUT2D eigenvalue weighted by molar-refractivity contribution is 6.30. The Labute approximate surface area is 169 Å². The molecule has 1 aliphatic rings. The fourth-order valence-corrected chi connectivity index (χ4v) is 3.27. The third-order valence-corrected chi connectivity index (χ3v) is 4.69. The number of halogens is 4. The molecule has 0 spiro atoms. The minimum absolute atomic E-state index is 0.0751. The fourth-order valence-electron chi connectivity index (χ4n) is 3.15. The molecule has 30 heavy (non-hydrogen) atoms. The number of H-pyrrole nitrogens is 1. The number of carbonyl (C=O) groups is 1. The van der Waals surface area contributed by atoms with Crippen LogP contribution < -0.4 is 21.9 Å². The highest BCUT2D eigenvalue weighted by atomic mass is 35.5. The molecule has 0 saturated carbocycles. The largest absolute Gasteiger partial charge is 0.425 e. The number of aromatic amines is 1. The van der Waals surface area contributed by atoms with Crippen LogP contribution in [-0.2, 0) is 10.3 Å². The van der Waals surface area contributed by atoms with Gasteiger partial charge in [-0.25, -0.2) is 19.3 Å². The van der Waals surface area contributed by atoms with Crippen LogP contribution in [0.1, 0.15) is 5.56 Å². The summed E-state index contributed by atoms with van der Waals surface area (Å²) >= 11 is 5.81. The Kier molecular flexibility index (Phi) is 4.38. The Balaban J connectivity index is 2.04. The zero-order valence-electron chi connectivity index (χ0n) is 14.6. The molecular weight excluding hydrogens is 429 g/mol. The Morgan fingerprint density at radius 1 is 1.07 bits per heavy atom. The third-order valence-electron chi connectivity index (χ3n) is 4.43. The van der Waals surface area contributed by atoms with Crippen molar-refractivity contribution in [1.82, 2.24) is 19.5 Å². The van der Waals surface area contributed by atoms with E-state index >= 15 is 0 Å². The average Bonchev–Trinajstić information content (AvgIpc) is 2.97. The van der Waals surface area contributed by atoms with Crippen LogP contribution in [0.25, 0.3) is 5.69 Å². The van der Waals surface area contributed by atoms with E-state index in [1.54, 1.807) is 0 Å². The van der Waals surface area contributed by atoms with Gasteiger partial charge in [-0.1, -0.05) is 11.6 Å². The van der Waals surface area contributed by atoms with Gasteiger partial charge in [0.15, 0.2) is 0 Å². The van der Waals surface area contributed by atoms with Gasteiger partial charge >= 0.3 is 11.9 Å². The van der Waals surface area contributed by atoms with Crippen molar-refractivity contribution in [3.63, 3.8) is 0 Å². The summed E-state index contributed by atoms with van der Waals surface area (Å²) in [4.78, 5) is 46.7. The topological polar surface area (TPSA) is 122 Å². The molecule has 0 aliphatic carbocycles. The van der Waals surface area contributed by atoms with Crippen LogP contribution in [0.4, 0.5) is 24.9 Å². The highest BCUT2D eigenvalue weighted by Crippen LogP contribution is 2.47. The lowest BCUT2D eigenvalue weighted by molar-refractivity contribution is -0.184. The molecule has 0 saturated heterocycles. The van der Waals surface area contributed by atoms with Crippen molar-refractivity contribution in [2.45, 2.75) is 11.7 Å². The summed E-state index contributed by atoms with van der Waals surface area (Å²) in [6.07, 6.45) is -2.98. The van der Waals surface area contributed by atoms with E-state index in [1.165, 1.54) is 30.3 Å². The number of nitrogens with one attached hydrogen (secondary N) is 3. The highest BCUT2D eigenvalue weighted by Gasteiger charge is 2.68. The minimum atomic E-state index is -5.29. The van der Waals surface area contributed by atoms with Crippen LogP contribution in [0.5, 0.6) is 0 Å². The van der Waals surface area contributed by atoms with Crippen molar-refractivity contribution in [2.24, 2.45) is 0 Å². The molecule has 4 rings (SSSR count). The molecule has 1 atom stereocenters. The van der Waals surface area contributed by atoms with Crippen molar-refractivity contribution in [2.75, 3.05) is 10.6 Å². The lowest BCUT2D eigenvalue weighted by atomic mass is 9.92. The molecule has 1 aromatic carbocycles. The second-order valence-electron chi connectivity index (χ2n) is 6.19. The van der Waals surface area contributed by atoms with E-state index in [2.05, 4.69) is 9.97 Å². The summed E-state index contributed by atoms with van der Waals surface area (Å²) in [6, 6.07) is 6.83. The van der Waals surface area contributed by atoms with Crippen LogP contribution >= 0.6 is 11.6 Å². The number of rotatable bonds is 3. The maximum Gasteiger partial charge on any atom is 0.425 e. The van der Waals surface area contributed by atoms with E-state index in [-0.39, 0.29) is 5.69 Å². The molecule has 2 aromatic heterocycles. The van der Waals surface area contributed by atoms with Crippen molar-refractivity contribution in [1.29, 1.82) is 0 Å². The summed E-state index contributed by atoms with van der Waals surface area (Å²) < 4.78 is 43.5. The zero-order chi connectivity index (χ0) is 21.7. The van der Waals surface area contributed by atoms with Gasteiger partial charge in [0.25, 0.3) is 17.0 Å². The molecule has 13 heteroatoms. The first-order valence-electron chi connectivity index (χ1n) is 8.24. The Morgan fingerprint density at radius 3 is 2.30 bits per heavy atom. The standard InChI is InChI=1S/C17H10ClF3N6O3/c18-8-2-4-9(5-3-8)27-11-10(12(28)25-15(27)30)16(13(29)24-11,17(19,20)21)26-14-22-6-1-7-23-14/h1-7H,(H,24,29)(H,22,23,26)(H,25,28,30)/t16-/m0/s1. The first-order chi connectivity index (χ1) is 14.1. The van der Waals surface area contributed by atoms with Crippen molar-refractivity contribution >= 4 is 29.3 Å². The van der Waals surface area contributed by atoms with Crippen LogP contribution in [0, 0.1) is 0 Å². The maximum absolute atomic E-state index is 14.3. The second kappa shape index (κ2) is 6.69. The van der Waals surface area contributed by atoms with Gasteiger partial charge < -0.3 is 10.6 Å². The summed E-state index contributed by atoms with van der Waals surface area (Å²) in [5, 5.41) is 4.25. The number of fused-ring (bicyclic) bond motifs is 1. The maximum atomic E-state index is 14.3. The summed E-state index contributed by atoms with van der Waals surface area (Å²) in [5.74, 6) is -2.78. The first-order valence-corrected chi connectivity index (χ1v) is 8.62. The summed E-state index contributed by atoms with van der Waals surface area (Å²) in [5.41, 5.74) is -6.93. The average molecular weight is 439 g/mol. The SMILES string of the molecule is O=C1Nc2c(c(=O)[nH]c(=O)n2-c2ccc(Cl)cc2)[C@@]1(Nc1ncccn1)C(F)(F)F. The number of alkyl halides is 3. The second-order valence-corrected chi connectivity index (χ2v) is 6.63. The van der Waals surface area contributed by atoms with E-state index in [0.29, 0.717) is 5.02 Å². The number of aromatic nitrogens is 4. The van der Waals surface area contributed by atoms with Gasteiger partial charge in [0, 0.05) is 17.4 Å². The zero-order valence-corrected chi connectivity index (χ0v) is 15.4. The van der Waals surface area contributed by atoms with E-state index in [1.807, 2.05) is 15.6 Å². The number of anilines is 2. The van der Waals surface area contributed by atoms with Crippen LogP contribution in [0.15, 0.2) is 52.3 Å². The number of carbonyl (C=O) groups excluding carboxylic acids is 1. The number of benzene rings is 1. The minimum Gasteiger partial charge on any atom is -0.328 e. The Bertz CT molecular complexity index is 1260. The van der Waals surface area contributed by atoms with Gasteiger partial charge in [0.1, 0.15) is 11.4 Å². The molecule has 154 valence electrons. The number of nitrogens with zero attached hydrogens (tertiary/aromatic N) is 3. The molecule has 1 amide bonds. The van der Waals surface area contributed by atoms with Gasteiger partial charge in [-0.05, 0) is 30.3 Å². The summed E-state index contributed by atoms with van der Waals surface area (Å²) in [6.45, 7) is 0. The van der Waals surface area contributed by atoms with E-state index in [4.69, 9.17) is 11.6 Å². The van der Waals surface area contributed by atoms with Crippen LogP contribution in [0.2, 0.25) is 5.02 Å². The molecular formula is C17H10ClF3N6O3. The van der Waals surface area contributed by atoms with Crippen LogP contribution in [0.3, 0.4) is 0 Å². The van der Waals surface area contributed by atoms with Crippen molar-refractivity contribution in [3.05, 3.63) is 74.1 Å². The van der Waals surface area contributed by atoms with Crippen LogP contribution in [-0.4, -0.2) is 31.6 Å². The smallest absolute Gasteiger partial charge is 0.328 e. The number of amides is 1. The van der Waals surface area contributed by atoms with E-state index in [0.717, 1.165) is 17.0 Å². The monoisotopic (exact) mass is 438 g/mol. The van der Waals surface area contributed by atoms with Gasteiger partial charge in [0.2, 0.25) is 5.95 Å². The lowest BCUT2D eigenvalue weighted by Crippen LogP contribution is -2.56. The molecule has 3 heterocycles. The molecule has 0 unspecified atom stereocenters. The Hall–Kier alpha value is -3.67.